The maximum atomic E-state index is 6.04. The molecular weight excluding hydrogens is 196 g/mol. The molecule has 1 unspecified atom stereocenters. The van der Waals surface area contributed by atoms with E-state index in [-0.39, 0.29) is 6.04 Å². The Morgan fingerprint density at radius 2 is 2.50 bits per heavy atom. The van der Waals surface area contributed by atoms with Crippen LogP contribution in [0.1, 0.15) is 22.4 Å². The first kappa shape index (κ1) is 9.43. The molecule has 4 heteroatoms. The number of nitrogens with two attached hydrogens (primary N) is 1. The zero-order valence-corrected chi connectivity index (χ0v) is 8.75. The topological polar surface area (TPSA) is 52.0 Å². The fraction of sp³-hybridized carbons (Fsp3) is 0.300. The van der Waals surface area contributed by atoms with Crippen molar-refractivity contribution in [2.75, 3.05) is 0 Å². The van der Waals surface area contributed by atoms with Crippen LogP contribution in [0.4, 0.5) is 0 Å². The summed E-state index contributed by atoms with van der Waals surface area (Å²) in [5, 5.41) is 0. The molecule has 2 heterocycles. The molecule has 3 nitrogen and oxygen atoms in total. The minimum atomic E-state index is -0.00588. The number of aromatic nitrogens is 1. The Bertz CT molecular complexity index is 394. The van der Waals surface area contributed by atoms with Gasteiger partial charge in [0.1, 0.15) is 5.76 Å². The minimum absolute atomic E-state index is 0.00588. The van der Waals surface area contributed by atoms with Crippen molar-refractivity contribution in [2.24, 2.45) is 5.73 Å². The summed E-state index contributed by atoms with van der Waals surface area (Å²) in [5.41, 5.74) is 8.89. The average molecular weight is 208 g/mol. The number of nitrogens with zero attached hydrogens (tertiary/aromatic N) is 1. The highest BCUT2D eigenvalue weighted by molar-refractivity contribution is 7.09. The average Bonchev–Trinajstić information content (AvgIpc) is 2.75. The fourth-order valence-electron chi connectivity index (χ4n) is 1.40. The van der Waals surface area contributed by atoms with Crippen molar-refractivity contribution in [3.8, 4) is 0 Å². The molecule has 0 saturated carbocycles. The standard InChI is InChI=1S/C10H12N2OS/c1-7-10(14-6-12-7)9(11)5-8-3-2-4-13-8/h2-4,6,9H,5,11H2,1H3. The van der Waals surface area contributed by atoms with Crippen LogP contribution >= 0.6 is 11.3 Å². The third kappa shape index (κ3) is 1.86. The van der Waals surface area contributed by atoms with Crippen LogP contribution < -0.4 is 5.73 Å². The van der Waals surface area contributed by atoms with Crippen LogP contribution in [-0.4, -0.2) is 4.98 Å². The predicted molar refractivity (Wildman–Crippen MR) is 56.2 cm³/mol. The van der Waals surface area contributed by atoms with Gasteiger partial charge in [0, 0.05) is 17.3 Å². The lowest BCUT2D eigenvalue weighted by Gasteiger charge is -2.07. The molecule has 0 bridgehead atoms. The number of hydrogen-bond donors (Lipinski definition) is 1. The lowest BCUT2D eigenvalue weighted by Crippen LogP contribution is -2.12. The molecular formula is C10H12N2OS. The smallest absolute Gasteiger partial charge is 0.105 e. The number of aryl methyl sites for hydroxylation is 1. The lowest BCUT2D eigenvalue weighted by molar-refractivity contribution is 0.489. The molecule has 2 aromatic heterocycles. The van der Waals surface area contributed by atoms with E-state index in [2.05, 4.69) is 4.98 Å². The Morgan fingerprint density at radius 3 is 3.07 bits per heavy atom. The zero-order chi connectivity index (χ0) is 9.97. The molecule has 0 spiro atoms. The van der Waals surface area contributed by atoms with Gasteiger partial charge in [0.25, 0.3) is 0 Å². The van der Waals surface area contributed by atoms with Gasteiger partial charge in [-0.3, -0.25) is 0 Å². The first-order valence-corrected chi connectivity index (χ1v) is 5.33. The third-order valence-corrected chi connectivity index (χ3v) is 3.18. The van der Waals surface area contributed by atoms with Gasteiger partial charge in [-0.1, -0.05) is 0 Å². The molecule has 2 N–H and O–H groups in total. The Morgan fingerprint density at radius 1 is 1.64 bits per heavy atom. The van der Waals surface area contributed by atoms with E-state index >= 15 is 0 Å². The lowest BCUT2D eigenvalue weighted by atomic mass is 10.1. The van der Waals surface area contributed by atoms with Crippen LogP contribution in [0.2, 0.25) is 0 Å². The fourth-order valence-corrected chi connectivity index (χ4v) is 2.21. The summed E-state index contributed by atoms with van der Waals surface area (Å²) in [6, 6.07) is 3.81. The van der Waals surface area contributed by atoms with Gasteiger partial charge < -0.3 is 10.2 Å². The van der Waals surface area contributed by atoms with Crippen molar-refractivity contribution >= 4 is 11.3 Å². The van der Waals surface area contributed by atoms with Crippen molar-refractivity contribution in [1.29, 1.82) is 0 Å². The zero-order valence-electron chi connectivity index (χ0n) is 7.93. The molecule has 0 saturated heterocycles. The molecule has 0 radical (unpaired) electrons. The Labute approximate surface area is 86.6 Å². The quantitative estimate of drug-likeness (QED) is 0.842. The van der Waals surface area contributed by atoms with Gasteiger partial charge in [-0.2, -0.15) is 0 Å². The summed E-state index contributed by atoms with van der Waals surface area (Å²) < 4.78 is 5.25. The number of thiazole rings is 1. The highest BCUT2D eigenvalue weighted by Crippen LogP contribution is 2.22. The van der Waals surface area contributed by atoms with Gasteiger partial charge in [0.15, 0.2) is 0 Å². The first-order valence-electron chi connectivity index (χ1n) is 4.45. The Balaban J connectivity index is 2.10. The van der Waals surface area contributed by atoms with Gasteiger partial charge in [-0.15, -0.1) is 11.3 Å². The molecule has 14 heavy (non-hydrogen) atoms. The van der Waals surface area contributed by atoms with E-state index in [1.165, 1.54) is 0 Å². The van der Waals surface area contributed by atoms with Crippen LogP contribution in [0.5, 0.6) is 0 Å². The van der Waals surface area contributed by atoms with Gasteiger partial charge in [-0.25, -0.2) is 4.98 Å². The second kappa shape index (κ2) is 3.94. The second-order valence-corrected chi connectivity index (χ2v) is 4.08. The van der Waals surface area contributed by atoms with E-state index < -0.39 is 0 Å². The SMILES string of the molecule is Cc1ncsc1C(N)Cc1ccco1. The van der Waals surface area contributed by atoms with E-state index in [4.69, 9.17) is 10.2 Å². The molecule has 0 aliphatic heterocycles. The van der Waals surface area contributed by atoms with Gasteiger partial charge in [0.2, 0.25) is 0 Å². The van der Waals surface area contributed by atoms with E-state index in [1.54, 1.807) is 17.6 Å². The molecule has 1 atom stereocenters. The van der Waals surface area contributed by atoms with Crippen LogP contribution in [0, 0.1) is 6.92 Å². The third-order valence-electron chi connectivity index (χ3n) is 2.12. The first-order chi connectivity index (χ1) is 6.77. The molecule has 0 aliphatic carbocycles. The van der Waals surface area contributed by atoms with Crippen LogP contribution in [0.15, 0.2) is 28.3 Å². The maximum Gasteiger partial charge on any atom is 0.105 e. The molecule has 2 aromatic rings. The van der Waals surface area contributed by atoms with E-state index in [0.29, 0.717) is 0 Å². The Kier molecular flexibility index (Phi) is 2.65. The van der Waals surface area contributed by atoms with Crippen molar-refractivity contribution in [3.63, 3.8) is 0 Å². The van der Waals surface area contributed by atoms with E-state index in [1.807, 2.05) is 24.6 Å². The summed E-state index contributed by atoms with van der Waals surface area (Å²) in [6.07, 6.45) is 2.40. The van der Waals surface area contributed by atoms with Gasteiger partial charge in [-0.05, 0) is 19.1 Å². The Hall–Kier alpha value is -1.13. The molecule has 2 rings (SSSR count). The number of hydrogen-bond acceptors (Lipinski definition) is 4. The molecule has 0 aromatic carbocycles. The molecule has 0 amide bonds. The summed E-state index contributed by atoms with van der Waals surface area (Å²) in [7, 11) is 0. The monoisotopic (exact) mass is 208 g/mol. The molecule has 0 aliphatic rings. The maximum absolute atomic E-state index is 6.04. The second-order valence-electron chi connectivity index (χ2n) is 3.19. The summed E-state index contributed by atoms with van der Waals surface area (Å²) in [6.45, 7) is 1.98. The normalized spacial score (nSPS) is 13.0. The van der Waals surface area contributed by atoms with E-state index in [0.717, 1.165) is 22.8 Å². The van der Waals surface area contributed by atoms with Crippen molar-refractivity contribution in [3.05, 3.63) is 40.2 Å². The molecule has 74 valence electrons. The summed E-state index contributed by atoms with van der Waals surface area (Å²) in [5.74, 6) is 0.922. The van der Waals surface area contributed by atoms with Gasteiger partial charge >= 0.3 is 0 Å². The largest absolute Gasteiger partial charge is 0.469 e. The predicted octanol–water partition coefficient (Wildman–Crippen LogP) is 2.29. The summed E-state index contributed by atoms with van der Waals surface area (Å²) >= 11 is 1.60. The van der Waals surface area contributed by atoms with Gasteiger partial charge in [0.05, 0.1) is 17.5 Å². The highest BCUT2D eigenvalue weighted by atomic mass is 32.1. The molecule has 0 fully saturated rings. The number of furan rings is 1. The van der Waals surface area contributed by atoms with Crippen molar-refractivity contribution in [2.45, 2.75) is 19.4 Å². The summed E-state index contributed by atoms with van der Waals surface area (Å²) in [4.78, 5) is 5.32. The minimum Gasteiger partial charge on any atom is -0.469 e. The van der Waals surface area contributed by atoms with Crippen LogP contribution in [0.3, 0.4) is 0 Å². The highest BCUT2D eigenvalue weighted by Gasteiger charge is 2.13. The van der Waals surface area contributed by atoms with Crippen molar-refractivity contribution < 1.29 is 4.42 Å². The van der Waals surface area contributed by atoms with Crippen molar-refractivity contribution in [1.82, 2.24) is 4.98 Å². The number of rotatable bonds is 3. The van der Waals surface area contributed by atoms with Crippen LogP contribution in [0.25, 0.3) is 0 Å². The van der Waals surface area contributed by atoms with Crippen LogP contribution in [-0.2, 0) is 6.42 Å². The van der Waals surface area contributed by atoms with E-state index in [9.17, 15) is 0 Å².